The first-order valence-electron chi connectivity index (χ1n) is 6.10. The summed E-state index contributed by atoms with van der Waals surface area (Å²) in [4.78, 5) is 24.4. The predicted molar refractivity (Wildman–Crippen MR) is 67.5 cm³/mol. The van der Waals surface area contributed by atoms with E-state index in [1.165, 1.54) is 6.08 Å². The highest BCUT2D eigenvalue weighted by atomic mass is 16.5. The summed E-state index contributed by atoms with van der Waals surface area (Å²) < 4.78 is 5.04. The Morgan fingerprint density at radius 2 is 2.00 bits per heavy atom. The number of rotatable bonds is 8. The topological polar surface area (TPSA) is 46.6 Å². The van der Waals surface area contributed by atoms with Crippen LogP contribution < -0.4 is 0 Å². The molecule has 1 amide bonds. The van der Waals surface area contributed by atoms with Gasteiger partial charge in [-0.1, -0.05) is 33.8 Å². The lowest BCUT2D eigenvalue weighted by molar-refractivity contribution is -0.148. The molecule has 0 heterocycles. The smallest absolute Gasteiger partial charge is 0.308 e. The Balaban J connectivity index is 4.03. The van der Waals surface area contributed by atoms with Gasteiger partial charge < -0.3 is 9.64 Å². The van der Waals surface area contributed by atoms with Crippen LogP contribution in [0.25, 0.3) is 0 Å². The van der Waals surface area contributed by atoms with Gasteiger partial charge in [0, 0.05) is 6.54 Å². The van der Waals surface area contributed by atoms with Gasteiger partial charge in [-0.15, -0.1) is 0 Å². The van der Waals surface area contributed by atoms with Crippen molar-refractivity contribution in [3.05, 3.63) is 12.7 Å². The minimum absolute atomic E-state index is 0.112. The molecule has 17 heavy (non-hydrogen) atoms. The first-order chi connectivity index (χ1) is 8.02. The normalized spacial score (nSPS) is 10.1. The van der Waals surface area contributed by atoms with Crippen LogP contribution in [0.4, 0.5) is 0 Å². The van der Waals surface area contributed by atoms with Crippen molar-refractivity contribution in [1.82, 2.24) is 4.90 Å². The molecule has 0 saturated heterocycles. The number of esters is 1. The van der Waals surface area contributed by atoms with Crippen molar-refractivity contribution in [1.29, 1.82) is 0 Å². The molecule has 0 aromatic rings. The number of unbranched alkanes of at least 4 members (excludes halogenated alkanes) is 1. The number of ether oxygens (including phenoxy) is 1. The highest BCUT2D eigenvalue weighted by Crippen LogP contribution is 1.99. The Hall–Kier alpha value is -1.32. The Morgan fingerprint density at radius 3 is 2.47 bits per heavy atom. The van der Waals surface area contributed by atoms with Gasteiger partial charge in [0.15, 0.2) is 0 Å². The molecule has 0 saturated carbocycles. The molecule has 0 unspecified atom stereocenters. The molecule has 0 bridgehead atoms. The minimum Gasteiger partial charge on any atom is -0.464 e. The van der Waals surface area contributed by atoms with Gasteiger partial charge in [0.05, 0.1) is 12.5 Å². The van der Waals surface area contributed by atoms with Gasteiger partial charge in [0.1, 0.15) is 6.61 Å². The van der Waals surface area contributed by atoms with Crippen molar-refractivity contribution in [3.8, 4) is 0 Å². The van der Waals surface area contributed by atoms with Crippen molar-refractivity contribution < 1.29 is 14.3 Å². The third-order valence-electron chi connectivity index (χ3n) is 2.34. The van der Waals surface area contributed by atoms with E-state index in [0.717, 1.165) is 12.8 Å². The van der Waals surface area contributed by atoms with E-state index in [0.29, 0.717) is 13.1 Å². The zero-order chi connectivity index (χ0) is 13.3. The summed E-state index contributed by atoms with van der Waals surface area (Å²) in [7, 11) is 0. The molecular formula is C13H23NO3. The summed E-state index contributed by atoms with van der Waals surface area (Å²) in [6, 6.07) is 0. The van der Waals surface area contributed by atoms with Crippen LogP contribution in [0.5, 0.6) is 0 Å². The van der Waals surface area contributed by atoms with Crippen molar-refractivity contribution in [2.75, 3.05) is 19.7 Å². The molecule has 98 valence electrons. The van der Waals surface area contributed by atoms with Crippen LogP contribution in [0.1, 0.15) is 33.6 Å². The molecule has 0 aliphatic rings. The van der Waals surface area contributed by atoms with Crippen LogP contribution in [-0.4, -0.2) is 36.5 Å². The quantitative estimate of drug-likeness (QED) is 0.482. The van der Waals surface area contributed by atoms with Gasteiger partial charge in [-0.3, -0.25) is 9.59 Å². The molecule has 0 atom stereocenters. The van der Waals surface area contributed by atoms with Crippen LogP contribution in [0.3, 0.4) is 0 Å². The van der Waals surface area contributed by atoms with Gasteiger partial charge in [-0.05, 0) is 12.5 Å². The van der Waals surface area contributed by atoms with Crippen molar-refractivity contribution in [2.45, 2.75) is 33.6 Å². The summed E-state index contributed by atoms with van der Waals surface area (Å²) in [5.41, 5.74) is 0. The van der Waals surface area contributed by atoms with Crippen molar-refractivity contribution in [3.63, 3.8) is 0 Å². The Bertz CT molecular complexity index is 261. The first-order valence-corrected chi connectivity index (χ1v) is 6.10. The fourth-order valence-corrected chi connectivity index (χ4v) is 1.23. The number of nitrogens with zero attached hydrogens (tertiary/aromatic N) is 1. The monoisotopic (exact) mass is 241 g/mol. The molecule has 0 fully saturated rings. The summed E-state index contributed by atoms with van der Waals surface area (Å²) >= 11 is 0. The third-order valence-corrected chi connectivity index (χ3v) is 2.34. The summed E-state index contributed by atoms with van der Waals surface area (Å²) in [5, 5.41) is 0. The summed E-state index contributed by atoms with van der Waals surface area (Å²) in [5.74, 6) is -0.472. The van der Waals surface area contributed by atoms with E-state index >= 15 is 0 Å². The molecule has 0 radical (unpaired) electrons. The molecule has 0 aromatic heterocycles. The molecular weight excluding hydrogens is 218 g/mol. The van der Waals surface area contributed by atoms with E-state index in [1.807, 2.05) is 0 Å². The van der Waals surface area contributed by atoms with Crippen molar-refractivity contribution in [2.24, 2.45) is 5.92 Å². The number of hydrogen-bond donors (Lipinski definition) is 0. The van der Waals surface area contributed by atoms with Gasteiger partial charge in [0.25, 0.3) is 0 Å². The Labute approximate surface area is 104 Å². The SMILES string of the molecule is C=CC(=O)N(CCCC)CCOC(=O)C(C)C. The number of hydrogen-bond acceptors (Lipinski definition) is 3. The second-order valence-corrected chi connectivity index (χ2v) is 4.21. The van der Waals surface area contributed by atoms with E-state index < -0.39 is 0 Å². The van der Waals surface area contributed by atoms with Gasteiger partial charge in [-0.2, -0.15) is 0 Å². The molecule has 0 spiro atoms. The average molecular weight is 241 g/mol. The summed E-state index contributed by atoms with van der Waals surface area (Å²) in [6.45, 7) is 10.5. The minimum atomic E-state index is -0.230. The second-order valence-electron chi connectivity index (χ2n) is 4.21. The highest BCUT2D eigenvalue weighted by Gasteiger charge is 2.12. The zero-order valence-corrected chi connectivity index (χ0v) is 11.1. The second kappa shape index (κ2) is 8.79. The fraction of sp³-hybridized carbons (Fsp3) is 0.692. The number of amides is 1. The molecule has 4 nitrogen and oxygen atoms in total. The van der Waals surface area contributed by atoms with Crippen molar-refractivity contribution >= 4 is 11.9 Å². The average Bonchev–Trinajstić information content (AvgIpc) is 2.31. The Morgan fingerprint density at radius 1 is 1.35 bits per heavy atom. The van der Waals surface area contributed by atoms with Gasteiger partial charge in [-0.25, -0.2) is 0 Å². The molecule has 0 aromatic carbocycles. The van der Waals surface area contributed by atoms with E-state index in [2.05, 4.69) is 13.5 Å². The maximum absolute atomic E-state index is 11.5. The molecule has 4 heteroatoms. The van der Waals surface area contributed by atoms with E-state index in [-0.39, 0.29) is 24.4 Å². The lowest BCUT2D eigenvalue weighted by atomic mass is 10.2. The Kier molecular flexibility index (Phi) is 8.11. The van der Waals surface area contributed by atoms with Gasteiger partial charge in [0.2, 0.25) is 5.91 Å². The lowest BCUT2D eigenvalue weighted by Crippen LogP contribution is -2.34. The number of carbonyl (C=O) groups excluding carboxylic acids is 2. The van der Waals surface area contributed by atoms with E-state index in [9.17, 15) is 9.59 Å². The van der Waals surface area contributed by atoms with Gasteiger partial charge >= 0.3 is 5.97 Å². The molecule has 0 aliphatic carbocycles. The van der Waals surface area contributed by atoms with Crippen LogP contribution in [0, 0.1) is 5.92 Å². The third kappa shape index (κ3) is 6.76. The number of carbonyl (C=O) groups is 2. The van der Waals surface area contributed by atoms with E-state index in [1.54, 1.807) is 18.7 Å². The molecule has 0 N–H and O–H groups in total. The highest BCUT2D eigenvalue weighted by molar-refractivity contribution is 5.87. The molecule has 0 aliphatic heterocycles. The maximum atomic E-state index is 11.5. The van der Waals surface area contributed by atoms with Crippen LogP contribution in [0.2, 0.25) is 0 Å². The zero-order valence-electron chi connectivity index (χ0n) is 11.1. The largest absolute Gasteiger partial charge is 0.464 e. The lowest BCUT2D eigenvalue weighted by Gasteiger charge is -2.21. The first kappa shape index (κ1) is 15.7. The molecule has 0 rings (SSSR count). The summed E-state index contributed by atoms with van der Waals surface area (Å²) in [6.07, 6.45) is 3.25. The fourth-order valence-electron chi connectivity index (χ4n) is 1.23. The predicted octanol–water partition coefficient (Wildman–Crippen LogP) is 2.00. The maximum Gasteiger partial charge on any atom is 0.308 e. The van der Waals surface area contributed by atoms with Crippen LogP contribution in [0.15, 0.2) is 12.7 Å². The van der Waals surface area contributed by atoms with Crippen LogP contribution >= 0.6 is 0 Å². The van der Waals surface area contributed by atoms with Crippen LogP contribution in [-0.2, 0) is 14.3 Å². The standard InChI is InChI=1S/C13H23NO3/c1-5-7-8-14(12(15)6-2)9-10-17-13(16)11(3)4/h6,11H,2,5,7-10H2,1,3-4H3. The van der Waals surface area contributed by atoms with E-state index in [4.69, 9.17) is 4.74 Å².